The van der Waals surface area contributed by atoms with Gasteiger partial charge in [-0.2, -0.15) is 0 Å². The van der Waals surface area contributed by atoms with Gasteiger partial charge in [-0.15, -0.1) is 0 Å². The number of hydrogen-bond acceptors (Lipinski definition) is 3. The first-order chi connectivity index (χ1) is 5.75. The van der Waals surface area contributed by atoms with E-state index in [1.54, 1.807) is 0 Å². The molecule has 2 aliphatic rings. The van der Waals surface area contributed by atoms with Gasteiger partial charge in [-0.25, -0.2) is 0 Å². The molecule has 1 atom stereocenters. The number of fused-ring (bicyclic) bond motifs is 1. The molecule has 0 amide bonds. The van der Waals surface area contributed by atoms with E-state index < -0.39 is 0 Å². The zero-order valence-electron chi connectivity index (χ0n) is 7.07. The fourth-order valence-corrected chi connectivity index (χ4v) is 1.39. The average molecular weight is 164 g/mol. The van der Waals surface area contributed by atoms with Crippen molar-refractivity contribution in [2.45, 2.75) is 13.0 Å². The Morgan fingerprint density at radius 2 is 2.50 bits per heavy atom. The molecule has 0 aromatic heterocycles. The Morgan fingerprint density at radius 1 is 1.67 bits per heavy atom. The Labute approximate surface area is 71.7 Å². The van der Waals surface area contributed by atoms with Crippen molar-refractivity contribution >= 4 is 5.84 Å². The standard InChI is InChI=1S/C9H12N2O/c1-7-2-3-11-6-8(12)5-10-9(11)4-7/h2-4,8,12H,5-6H2,1H3/t8-/m0/s1. The zero-order valence-corrected chi connectivity index (χ0v) is 7.07. The molecule has 1 N–H and O–H groups in total. The molecular weight excluding hydrogens is 152 g/mol. The highest BCUT2D eigenvalue weighted by atomic mass is 16.3. The van der Waals surface area contributed by atoms with E-state index in [1.807, 2.05) is 30.2 Å². The van der Waals surface area contributed by atoms with Gasteiger partial charge >= 0.3 is 0 Å². The molecule has 0 radical (unpaired) electrons. The maximum absolute atomic E-state index is 9.31. The number of aliphatic imine (C=N–C) groups is 1. The van der Waals surface area contributed by atoms with Crippen molar-refractivity contribution in [1.82, 2.24) is 4.90 Å². The first-order valence-electron chi connectivity index (χ1n) is 4.11. The Morgan fingerprint density at radius 3 is 3.33 bits per heavy atom. The first-order valence-corrected chi connectivity index (χ1v) is 4.11. The highest BCUT2D eigenvalue weighted by Crippen LogP contribution is 2.12. The summed E-state index contributed by atoms with van der Waals surface area (Å²) in [5.41, 5.74) is 1.21. The molecule has 3 heteroatoms. The number of rotatable bonds is 0. The lowest BCUT2D eigenvalue weighted by molar-refractivity contribution is 0.154. The maximum Gasteiger partial charge on any atom is 0.127 e. The summed E-state index contributed by atoms with van der Waals surface area (Å²) in [5.74, 6) is 0.973. The minimum atomic E-state index is -0.315. The zero-order chi connectivity index (χ0) is 8.55. The van der Waals surface area contributed by atoms with Crippen molar-refractivity contribution in [3.63, 3.8) is 0 Å². The Kier molecular flexibility index (Phi) is 1.73. The molecule has 0 bridgehead atoms. The predicted molar refractivity (Wildman–Crippen MR) is 47.9 cm³/mol. The number of hydrogen-bond donors (Lipinski definition) is 1. The van der Waals surface area contributed by atoms with Crippen LogP contribution in [0.5, 0.6) is 0 Å². The van der Waals surface area contributed by atoms with E-state index in [0.29, 0.717) is 13.1 Å². The number of amidine groups is 1. The lowest BCUT2D eigenvalue weighted by Crippen LogP contribution is -2.39. The van der Waals surface area contributed by atoms with Crippen LogP contribution >= 0.6 is 0 Å². The van der Waals surface area contributed by atoms with Crippen molar-refractivity contribution in [1.29, 1.82) is 0 Å². The van der Waals surface area contributed by atoms with Crippen LogP contribution < -0.4 is 0 Å². The highest BCUT2D eigenvalue weighted by molar-refractivity contribution is 5.96. The van der Waals surface area contributed by atoms with Crippen molar-refractivity contribution in [3.05, 3.63) is 23.9 Å². The van der Waals surface area contributed by atoms with Gasteiger partial charge in [0.1, 0.15) is 5.84 Å². The summed E-state index contributed by atoms with van der Waals surface area (Å²) >= 11 is 0. The second kappa shape index (κ2) is 2.75. The third kappa shape index (κ3) is 1.28. The fraction of sp³-hybridized carbons (Fsp3) is 0.444. The van der Waals surface area contributed by atoms with E-state index in [4.69, 9.17) is 0 Å². The molecule has 0 aliphatic carbocycles. The summed E-state index contributed by atoms with van der Waals surface area (Å²) in [6, 6.07) is 0. The van der Waals surface area contributed by atoms with E-state index in [-0.39, 0.29) is 6.10 Å². The molecule has 64 valence electrons. The molecule has 3 nitrogen and oxygen atoms in total. The molecule has 2 heterocycles. The second-order valence-electron chi connectivity index (χ2n) is 3.21. The molecule has 0 unspecified atom stereocenters. The third-order valence-corrected chi connectivity index (χ3v) is 2.04. The van der Waals surface area contributed by atoms with Crippen LogP contribution in [-0.4, -0.2) is 35.0 Å². The van der Waals surface area contributed by atoms with Crippen LogP contribution in [0, 0.1) is 0 Å². The lowest BCUT2D eigenvalue weighted by atomic mass is 10.1. The van der Waals surface area contributed by atoms with Crippen LogP contribution in [0.4, 0.5) is 0 Å². The first kappa shape index (κ1) is 7.55. The van der Waals surface area contributed by atoms with Gasteiger partial charge in [-0.1, -0.05) is 0 Å². The molecule has 2 rings (SSSR count). The van der Waals surface area contributed by atoms with Crippen LogP contribution in [-0.2, 0) is 0 Å². The maximum atomic E-state index is 9.31. The molecule has 0 spiro atoms. The molecule has 0 saturated carbocycles. The fourth-order valence-electron chi connectivity index (χ4n) is 1.39. The van der Waals surface area contributed by atoms with Crippen LogP contribution in [0.1, 0.15) is 6.92 Å². The number of nitrogens with zero attached hydrogens (tertiary/aromatic N) is 2. The molecule has 0 fully saturated rings. The van der Waals surface area contributed by atoms with Gasteiger partial charge in [0.25, 0.3) is 0 Å². The smallest absolute Gasteiger partial charge is 0.127 e. The van der Waals surface area contributed by atoms with Gasteiger partial charge < -0.3 is 10.0 Å². The Bertz CT molecular complexity index is 278. The largest absolute Gasteiger partial charge is 0.389 e. The van der Waals surface area contributed by atoms with Gasteiger partial charge in [0.15, 0.2) is 0 Å². The van der Waals surface area contributed by atoms with Gasteiger partial charge in [-0.3, -0.25) is 4.99 Å². The molecule has 2 aliphatic heterocycles. The van der Waals surface area contributed by atoms with Crippen LogP contribution in [0.15, 0.2) is 28.9 Å². The van der Waals surface area contributed by atoms with Crippen molar-refractivity contribution in [2.75, 3.05) is 13.1 Å². The van der Waals surface area contributed by atoms with Crippen molar-refractivity contribution in [2.24, 2.45) is 4.99 Å². The van der Waals surface area contributed by atoms with E-state index in [1.165, 1.54) is 5.57 Å². The monoisotopic (exact) mass is 164 g/mol. The molecule has 12 heavy (non-hydrogen) atoms. The quantitative estimate of drug-likeness (QED) is 0.567. The number of aliphatic hydroxyl groups is 1. The van der Waals surface area contributed by atoms with E-state index in [0.717, 1.165) is 5.84 Å². The lowest BCUT2D eigenvalue weighted by Gasteiger charge is -2.29. The summed E-state index contributed by atoms with van der Waals surface area (Å²) in [7, 11) is 0. The Balaban J connectivity index is 2.26. The van der Waals surface area contributed by atoms with Gasteiger partial charge in [0, 0.05) is 6.20 Å². The highest BCUT2D eigenvalue weighted by Gasteiger charge is 2.19. The molecule has 0 saturated heterocycles. The van der Waals surface area contributed by atoms with Crippen molar-refractivity contribution in [3.8, 4) is 0 Å². The van der Waals surface area contributed by atoms with E-state index >= 15 is 0 Å². The van der Waals surface area contributed by atoms with Gasteiger partial charge in [-0.05, 0) is 24.6 Å². The van der Waals surface area contributed by atoms with E-state index in [9.17, 15) is 5.11 Å². The molecule has 0 aromatic carbocycles. The van der Waals surface area contributed by atoms with Crippen LogP contribution in [0.3, 0.4) is 0 Å². The van der Waals surface area contributed by atoms with Crippen molar-refractivity contribution < 1.29 is 5.11 Å². The third-order valence-electron chi connectivity index (χ3n) is 2.04. The topological polar surface area (TPSA) is 35.8 Å². The van der Waals surface area contributed by atoms with Gasteiger partial charge in [0.2, 0.25) is 0 Å². The predicted octanol–water partition coefficient (Wildman–Crippen LogP) is 0.535. The SMILES string of the molecule is CC1=CC2=NC[C@H](O)CN2C=C1. The summed E-state index contributed by atoms with van der Waals surface area (Å²) < 4.78 is 0. The summed E-state index contributed by atoms with van der Waals surface area (Å²) in [6.45, 7) is 3.24. The van der Waals surface area contributed by atoms with Gasteiger partial charge in [0.05, 0.1) is 19.2 Å². The number of allylic oxidation sites excluding steroid dienone is 2. The summed E-state index contributed by atoms with van der Waals surface area (Å²) in [5, 5.41) is 9.31. The number of aliphatic hydroxyl groups excluding tert-OH is 1. The Hall–Kier alpha value is -1.09. The minimum Gasteiger partial charge on any atom is -0.389 e. The average Bonchev–Trinajstić information content (AvgIpc) is 2.05. The summed E-state index contributed by atoms with van der Waals surface area (Å²) in [6.07, 6.45) is 5.71. The minimum absolute atomic E-state index is 0.315. The second-order valence-corrected chi connectivity index (χ2v) is 3.21. The summed E-state index contributed by atoms with van der Waals surface area (Å²) in [4.78, 5) is 6.22. The van der Waals surface area contributed by atoms with Crippen LogP contribution in [0.2, 0.25) is 0 Å². The molecule has 0 aromatic rings. The normalized spacial score (nSPS) is 27.8. The van der Waals surface area contributed by atoms with Crippen LogP contribution in [0.25, 0.3) is 0 Å². The molecular formula is C9H12N2O. The van der Waals surface area contributed by atoms with E-state index in [2.05, 4.69) is 4.99 Å².